The summed E-state index contributed by atoms with van der Waals surface area (Å²) in [7, 11) is 0. The topological polar surface area (TPSA) is 46.6 Å². The molecule has 0 bridgehead atoms. The average Bonchev–Trinajstić information content (AvgIpc) is 2.75. The predicted octanol–water partition coefficient (Wildman–Crippen LogP) is 3.26. The van der Waals surface area contributed by atoms with Crippen LogP contribution in [0.2, 0.25) is 0 Å². The first-order chi connectivity index (χ1) is 10.6. The van der Waals surface area contributed by atoms with Gasteiger partial charge in [0.2, 0.25) is 0 Å². The van der Waals surface area contributed by atoms with E-state index < -0.39 is 0 Å². The van der Waals surface area contributed by atoms with Crippen LogP contribution in [0, 0.1) is 5.82 Å². The second kappa shape index (κ2) is 5.88. The van der Waals surface area contributed by atoms with Crippen molar-refractivity contribution in [1.82, 2.24) is 4.90 Å². The highest BCUT2D eigenvalue weighted by atomic mass is 79.9. The number of fused-ring (bicyclic) bond motifs is 1. The Morgan fingerprint density at radius 2 is 1.68 bits per heavy atom. The van der Waals surface area contributed by atoms with Gasteiger partial charge in [0.25, 0.3) is 11.8 Å². The summed E-state index contributed by atoms with van der Waals surface area (Å²) in [5.41, 5.74) is 0.825. The monoisotopic (exact) mass is 363 g/mol. The van der Waals surface area contributed by atoms with Crippen molar-refractivity contribution in [3.63, 3.8) is 0 Å². The van der Waals surface area contributed by atoms with Gasteiger partial charge in [-0.1, -0.05) is 12.1 Å². The van der Waals surface area contributed by atoms with E-state index in [1.165, 1.54) is 18.2 Å². The van der Waals surface area contributed by atoms with Crippen molar-refractivity contribution in [2.75, 3.05) is 13.2 Å². The third kappa shape index (κ3) is 2.62. The lowest BCUT2D eigenvalue weighted by Gasteiger charge is -2.15. The van der Waals surface area contributed by atoms with E-state index in [0.29, 0.717) is 21.3 Å². The number of amides is 2. The second-order valence-electron chi connectivity index (χ2n) is 4.73. The molecule has 0 spiro atoms. The molecule has 3 rings (SSSR count). The van der Waals surface area contributed by atoms with Crippen molar-refractivity contribution in [2.24, 2.45) is 0 Å². The van der Waals surface area contributed by atoms with Gasteiger partial charge in [0.05, 0.1) is 22.1 Å². The number of benzene rings is 2. The van der Waals surface area contributed by atoms with Crippen LogP contribution in [0.5, 0.6) is 5.75 Å². The molecule has 0 saturated carbocycles. The van der Waals surface area contributed by atoms with Crippen molar-refractivity contribution in [1.29, 1.82) is 0 Å². The molecule has 0 atom stereocenters. The quantitative estimate of drug-likeness (QED) is 0.783. The largest absolute Gasteiger partial charge is 0.491 e. The fourth-order valence-corrected chi connectivity index (χ4v) is 2.75. The molecule has 0 saturated heterocycles. The van der Waals surface area contributed by atoms with Gasteiger partial charge in [0.15, 0.2) is 0 Å². The zero-order valence-corrected chi connectivity index (χ0v) is 13.0. The van der Waals surface area contributed by atoms with Crippen LogP contribution >= 0.6 is 15.9 Å². The summed E-state index contributed by atoms with van der Waals surface area (Å²) in [6.45, 7) is 0.270. The van der Waals surface area contributed by atoms with Crippen molar-refractivity contribution in [3.8, 4) is 5.75 Å². The molecular weight excluding hydrogens is 353 g/mol. The minimum Gasteiger partial charge on any atom is -0.491 e. The van der Waals surface area contributed by atoms with E-state index in [4.69, 9.17) is 4.74 Å². The fourth-order valence-electron chi connectivity index (χ4n) is 2.28. The third-order valence-corrected chi connectivity index (χ3v) is 3.96. The zero-order valence-electron chi connectivity index (χ0n) is 11.4. The highest BCUT2D eigenvalue weighted by Gasteiger charge is 2.34. The van der Waals surface area contributed by atoms with Gasteiger partial charge < -0.3 is 4.74 Å². The molecule has 112 valence electrons. The molecule has 0 unspecified atom stereocenters. The van der Waals surface area contributed by atoms with E-state index in [2.05, 4.69) is 15.9 Å². The van der Waals surface area contributed by atoms with E-state index >= 15 is 0 Å². The molecular formula is C16H11BrFNO3. The van der Waals surface area contributed by atoms with Crippen molar-refractivity contribution < 1.29 is 18.7 Å². The number of hydrogen-bond donors (Lipinski definition) is 0. The molecule has 6 heteroatoms. The summed E-state index contributed by atoms with van der Waals surface area (Å²) < 4.78 is 19.0. The first-order valence-electron chi connectivity index (χ1n) is 6.61. The Morgan fingerprint density at radius 1 is 1.05 bits per heavy atom. The molecule has 0 aliphatic carbocycles. The number of halogens is 2. The van der Waals surface area contributed by atoms with E-state index in [9.17, 15) is 14.0 Å². The Balaban J connectivity index is 1.66. The standard InChI is InChI=1S/C16H11BrFNO3/c17-13-9-10(18)5-6-14(13)22-8-7-19-15(20)11-3-1-2-4-12(11)16(19)21/h1-6,9H,7-8H2. The predicted molar refractivity (Wildman–Crippen MR) is 81.4 cm³/mol. The molecule has 1 heterocycles. The molecule has 0 aromatic heterocycles. The minimum atomic E-state index is -0.375. The van der Waals surface area contributed by atoms with E-state index in [-0.39, 0.29) is 30.8 Å². The number of rotatable bonds is 4. The van der Waals surface area contributed by atoms with Crippen LogP contribution in [0.4, 0.5) is 4.39 Å². The number of nitrogens with zero attached hydrogens (tertiary/aromatic N) is 1. The smallest absolute Gasteiger partial charge is 0.261 e. The van der Waals surface area contributed by atoms with Gasteiger partial charge in [0.1, 0.15) is 18.2 Å². The third-order valence-electron chi connectivity index (χ3n) is 3.34. The number of hydrogen-bond acceptors (Lipinski definition) is 3. The fraction of sp³-hybridized carbons (Fsp3) is 0.125. The van der Waals surface area contributed by atoms with Gasteiger partial charge in [-0.3, -0.25) is 14.5 Å². The van der Waals surface area contributed by atoms with Crippen LogP contribution in [-0.4, -0.2) is 29.9 Å². The molecule has 2 aromatic rings. The van der Waals surface area contributed by atoms with Gasteiger partial charge in [0, 0.05) is 0 Å². The summed E-state index contributed by atoms with van der Waals surface area (Å²) in [5.74, 6) is -0.553. The molecule has 4 nitrogen and oxygen atoms in total. The Labute approximate surface area is 134 Å². The van der Waals surface area contributed by atoms with Crippen molar-refractivity contribution >= 4 is 27.7 Å². The molecule has 22 heavy (non-hydrogen) atoms. The maximum absolute atomic E-state index is 13.0. The van der Waals surface area contributed by atoms with E-state index in [1.807, 2.05) is 0 Å². The second-order valence-corrected chi connectivity index (χ2v) is 5.59. The van der Waals surface area contributed by atoms with Gasteiger partial charge in [-0.05, 0) is 46.3 Å². The van der Waals surface area contributed by atoms with Crippen molar-refractivity contribution in [2.45, 2.75) is 0 Å². The SMILES string of the molecule is O=C1c2ccccc2C(=O)N1CCOc1ccc(F)cc1Br. The molecule has 1 aliphatic heterocycles. The van der Waals surface area contributed by atoms with Crippen LogP contribution in [0.25, 0.3) is 0 Å². The Hall–Kier alpha value is -2.21. The summed E-state index contributed by atoms with van der Waals surface area (Å²) in [5, 5.41) is 0. The highest BCUT2D eigenvalue weighted by Crippen LogP contribution is 2.26. The maximum Gasteiger partial charge on any atom is 0.261 e. The molecule has 0 N–H and O–H groups in total. The van der Waals surface area contributed by atoms with Crippen LogP contribution in [0.15, 0.2) is 46.9 Å². The van der Waals surface area contributed by atoms with Crippen LogP contribution < -0.4 is 4.74 Å². The van der Waals surface area contributed by atoms with Crippen LogP contribution in [0.3, 0.4) is 0 Å². The van der Waals surface area contributed by atoms with Crippen molar-refractivity contribution in [3.05, 3.63) is 63.9 Å². The van der Waals surface area contributed by atoms with Crippen LogP contribution in [-0.2, 0) is 0 Å². The molecule has 1 aliphatic rings. The van der Waals surface area contributed by atoms with Gasteiger partial charge >= 0.3 is 0 Å². The Morgan fingerprint density at radius 3 is 2.27 bits per heavy atom. The highest BCUT2D eigenvalue weighted by molar-refractivity contribution is 9.10. The molecule has 0 fully saturated rings. The summed E-state index contributed by atoms with van der Waals surface area (Å²) in [6, 6.07) is 10.8. The normalized spacial score (nSPS) is 13.5. The average molecular weight is 364 g/mol. The van der Waals surface area contributed by atoms with E-state index in [0.717, 1.165) is 4.90 Å². The van der Waals surface area contributed by atoms with Crippen LogP contribution in [0.1, 0.15) is 20.7 Å². The molecule has 0 radical (unpaired) electrons. The number of carbonyl (C=O) groups excluding carboxylic acids is 2. The van der Waals surface area contributed by atoms with Gasteiger partial charge in [-0.2, -0.15) is 0 Å². The zero-order chi connectivity index (χ0) is 15.7. The minimum absolute atomic E-state index is 0.135. The lowest BCUT2D eigenvalue weighted by atomic mass is 10.1. The maximum atomic E-state index is 13.0. The Kier molecular flexibility index (Phi) is 3.94. The molecule has 2 aromatic carbocycles. The van der Waals surface area contributed by atoms with Gasteiger partial charge in [-0.25, -0.2) is 4.39 Å². The molecule has 2 amide bonds. The first-order valence-corrected chi connectivity index (χ1v) is 7.40. The lowest BCUT2D eigenvalue weighted by Crippen LogP contribution is -2.33. The summed E-state index contributed by atoms with van der Waals surface area (Å²) in [6.07, 6.45) is 0. The number of imide groups is 1. The number of carbonyl (C=O) groups is 2. The summed E-state index contributed by atoms with van der Waals surface area (Å²) >= 11 is 3.20. The van der Waals surface area contributed by atoms with Gasteiger partial charge in [-0.15, -0.1) is 0 Å². The summed E-state index contributed by atoms with van der Waals surface area (Å²) in [4.78, 5) is 25.5. The first kappa shape index (κ1) is 14.7. The van der Waals surface area contributed by atoms with E-state index in [1.54, 1.807) is 24.3 Å². The Bertz CT molecular complexity index is 728. The number of ether oxygens (including phenoxy) is 1. The lowest BCUT2D eigenvalue weighted by molar-refractivity contribution is 0.0631.